The van der Waals surface area contributed by atoms with Gasteiger partial charge in [0.25, 0.3) is 0 Å². The lowest BCUT2D eigenvalue weighted by molar-refractivity contribution is -0.100. The third kappa shape index (κ3) is 6.93. The zero-order valence-electron chi connectivity index (χ0n) is 22.3. The van der Waals surface area contributed by atoms with Gasteiger partial charge in [-0.05, 0) is 73.8 Å². The van der Waals surface area contributed by atoms with Crippen LogP contribution < -0.4 is 16.0 Å². The number of aromatic nitrogens is 2. The number of nitrogen functional groups attached to an aromatic ring is 1. The van der Waals surface area contributed by atoms with Crippen LogP contribution in [0.1, 0.15) is 67.2 Å². The second-order valence-corrected chi connectivity index (χ2v) is 11.4. The Labute approximate surface area is 208 Å². The summed E-state index contributed by atoms with van der Waals surface area (Å²) in [4.78, 5) is 29.4. The smallest absolute Gasteiger partial charge is 0.429 e. The second-order valence-electron chi connectivity index (χ2n) is 11.4. The van der Waals surface area contributed by atoms with Crippen molar-refractivity contribution in [2.24, 2.45) is 7.05 Å². The van der Waals surface area contributed by atoms with E-state index >= 15 is 0 Å². The van der Waals surface area contributed by atoms with Crippen molar-refractivity contribution < 1.29 is 19.1 Å². The molecule has 2 aliphatic heterocycles. The van der Waals surface area contributed by atoms with Crippen molar-refractivity contribution in [2.45, 2.75) is 90.5 Å². The highest BCUT2D eigenvalue weighted by atomic mass is 16.6. The Bertz CT molecular complexity index is 864. The van der Waals surface area contributed by atoms with Gasteiger partial charge < -0.3 is 25.4 Å². The van der Waals surface area contributed by atoms with E-state index in [9.17, 15) is 9.59 Å². The molecular weight excluding hydrogens is 450 g/mol. The van der Waals surface area contributed by atoms with E-state index in [0.29, 0.717) is 25.2 Å². The van der Waals surface area contributed by atoms with Crippen molar-refractivity contribution in [3.8, 4) is 0 Å². The Morgan fingerprint density at radius 1 is 1.03 bits per heavy atom. The summed E-state index contributed by atoms with van der Waals surface area (Å²) in [5.74, 6) is 0.807. The van der Waals surface area contributed by atoms with Crippen LogP contribution in [0, 0.1) is 0 Å². The van der Waals surface area contributed by atoms with Gasteiger partial charge in [-0.3, -0.25) is 4.68 Å². The zero-order chi connectivity index (χ0) is 26.0. The van der Waals surface area contributed by atoms with Crippen molar-refractivity contribution >= 4 is 23.7 Å². The third-order valence-electron chi connectivity index (χ3n) is 5.99. The first-order valence-electron chi connectivity index (χ1n) is 12.5. The summed E-state index contributed by atoms with van der Waals surface area (Å²) >= 11 is 0. The Morgan fingerprint density at radius 2 is 1.60 bits per heavy atom. The number of piperidine rings is 2. The van der Waals surface area contributed by atoms with Crippen LogP contribution in [-0.2, 0) is 16.5 Å². The van der Waals surface area contributed by atoms with Gasteiger partial charge in [0.15, 0.2) is 0 Å². The van der Waals surface area contributed by atoms with Crippen molar-refractivity contribution in [1.29, 1.82) is 0 Å². The third-order valence-corrected chi connectivity index (χ3v) is 5.99. The fourth-order valence-corrected chi connectivity index (χ4v) is 4.67. The van der Waals surface area contributed by atoms with Gasteiger partial charge in [-0.2, -0.15) is 5.10 Å². The van der Waals surface area contributed by atoms with E-state index in [-0.39, 0.29) is 12.1 Å². The molecule has 3 heterocycles. The SMILES string of the molecule is Cn1ncc(N)c1N1CCCC(N(C(=O)OC(C)(C)C)N(C(=O)OC(C)(C)C)C2CCCNC2)C1. The Balaban J connectivity index is 1.99. The number of anilines is 2. The van der Waals surface area contributed by atoms with Crippen molar-refractivity contribution in [3.63, 3.8) is 0 Å². The van der Waals surface area contributed by atoms with Gasteiger partial charge in [0.2, 0.25) is 0 Å². The summed E-state index contributed by atoms with van der Waals surface area (Å²) in [6, 6.07) is -0.550. The molecule has 0 spiro atoms. The molecule has 2 amide bonds. The largest absolute Gasteiger partial charge is 0.442 e. The van der Waals surface area contributed by atoms with Crippen molar-refractivity contribution in [1.82, 2.24) is 25.1 Å². The summed E-state index contributed by atoms with van der Waals surface area (Å²) < 4.78 is 13.4. The molecule has 2 saturated heterocycles. The maximum atomic E-state index is 13.7. The van der Waals surface area contributed by atoms with Crippen LogP contribution in [0.3, 0.4) is 0 Å². The van der Waals surface area contributed by atoms with E-state index in [2.05, 4.69) is 15.3 Å². The van der Waals surface area contributed by atoms with Crippen molar-refractivity contribution in [3.05, 3.63) is 6.20 Å². The maximum absolute atomic E-state index is 13.7. The number of hydrogen-bond acceptors (Lipinski definition) is 8. The number of carbonyl (C=O) groups excluding carboxylic acids is 2. The van der Waals surface area contributed by atoms with E-state index < -0.39 is 23.4 Å². The Morgan fingerprint density at radius 3 is 2.09 bits per heavy atom. The molecular formula is C24H43N7O4. The fourth-order valence-electron chi connectivity index (χ4n) is 4.67. The average Bonchev–Trinajstić information content (AvgIpc) is 3.08. The monoisotopic (exact) mass is 493 g/mol. The minimum Gasteiger partial charge on any atom is -0.442 e. The highest BCUT2D eigenvalue weighted by Crippen LogP contribution is 2.30. The van der Waals surface area contributed by atoms with Crippen LogP contribution >= 0.6 is 0 Å². The Hall–Kier alpha value is -2.69. The van der Waals surface area contributed by atoms with E-state index in [1.165, 1.54) is 10.0 Å². The molecule has 3 N–H and O–H groups in total. The van der Waals surface area contributed by atoms with Crippen LogP contribution in [0.25, 0.3) is 0 Å². The number of hydrogen-bond donors (Lipinski definition) is 2. The molecule has 0 radical (unpaired) electrons. The zero-order valence-corrected chi connectivity index (χ0v) is 22.3. The first kappa shape index (κ1) is 26.9. The molecule has 2 unspecified atom stereocenters. The number of nitrogens with zero attached hydrogens (tertiary/aromatic N) is 5. The predicted molar refractivity (Wildman–Crippen MR) is 135 cm³/mol. The van der Waals surface area contributed by atoms with Crippen LogP contribution in [0.4, 0.5) is 21.1 Å². The average molecular weight is 494 g/mol. The van der Waals surface area contributed by atoms with E-state index in [1.54, 1.807) is 10.9 Å². The number of aryl methyl sites for hydroxylation is 1. The fraction of sp³-hybridized carbons (Fsp3) is 0.792. The molecule has 11 nitrogen and oxygen atoms in total. The van der Waals surface area contributed by atoms with Crippen molar-refractivity contribution in [2.75, 3.05) is 36.8 Å². The van der Waals surface area contributed by atoms with Gasteiger partial charge in [-0.15, -0.1) is 0 Å². The number of nitrogens with two attached hydrogens (primary N) is 1. The summed E-state index contributed by atoms with van der Waals surface area (Å²) in [6.45, 7) is 13.7. The molecule has 11 heteroatoms. The molecule has 1 aromatic rings. The molecule has 35 heavy (non-hydrogen) atoms. The van der Waals surface area contributed by atoms with Crippen LogP contribution in [0.5, 0.6) is 0 Å². The van der Waals surface area contributed by atoms with E-state index in [4.69, 9.17) is 15.2 Å². The molecule has 2 atom stereocenters. The van der Waals surface area contributed by atoms with E-state index in [0.717, 1.165) is 38.2 Å². The molecule has 0 saturated carbocycles. The first-order valence-corrected chi connectivity index (χ1v) is 12.5. The highest BCUT2D eigenvalue weighted by molar-refractivity contribution is 5.75. The molecule has 0 aliphatic carbocycles. The number of hydrazine groups is 1. The summed E-state index contributed by atoms with van der Waals surface area (Å²) in [7, 11) is 1.85. The summed E-state index contributed by atoms with van der Waals surface area (Å²) in [5.41, 5.74) is 5.36. The number of ether oxygens (including phenoxy) is 2. The normalized spacial score (nSPS) is 21.4. The van der Waals surface area contributed by atoms with Gasteiger partial charge in [-0.25, -0.2) is 19.6 Å². The molecule has 198 valence electrons. The first-order chi connectivity index (χ1) is 16.3. The van der Waals surface area contributed by atoms with Gasteiger partial charge in [-0.1, -0.05) is 0 Å². The highest BCUT2D eigenvalue weighted by Gasteiger charge is 2.43. The molecule has 3 rings (SSSR count). The maximum Gasteiger partial charge on any atom is 0.429 e. The number of amides is 2. The van der Waals surface area contributed by atoms with Crippen LogP contribution in [0.2, 0.25) is 0 Å². The lowest BCUT2D eigenvalue weighted by atomic mass is 10.0. The lowest BCUT2D eigenvalue weighted by Gasteiger charge is -2.47. The second kappa shape index (κ2) is 10.5. The summed E-state index contributed by atoms with van der Waals surface area (Å²) in [6.07, 6.45) is 3.72. The Kier molecular flexibility index (Phi) is 8.08. The van der Waals surface area contributed by atoms with Gasteiger partial charge in [0.1, 0.15) is 17.0 Å². The van der Waals surface area contributed by atoms with Gasteiger partial charge >= 0.3 is 12.2 Å². The molecule has 1 aromatic heterocycles. The van der Waals surface area contributed by atoms with Gasteiger partial charge in [0, 0.05) is 26.7 Å². The summed E-state index contributed by atoms with van der Waals surface area (Å²) in [5, 5.41) is 10.6. The number of carbonyl (C=O) groups is 2. The minimum absolute atomic E-state index is 0.233. The standard InChI is InChI=1S/C24H43N7O4/c1-23(2,3)34-21(32)30(17-10-8-12-26-14-17)31(22(33)35-24(4,5)6)18-11-9-13-29(16-18)20-19(25)15-27-28(20)7/h15,17-18,26H,8-14,16,25H2,1-7H3. The van der Waals surface area contributed by atoms with Crippen LogP contribution in [0.15, 0.2) is 6.20 Å². The number of nitrogens with one attached hydrogen (secondary N) is 1. The predicted octanol–water partition coefficient (Wildman–Crippen LogP) is 3.11. The lowest BCUT2D eigenvalue weighted by Crippen LogP contribution is -2.65. The minimum atomic E-state index is -0.722. The van der Waals surface area contributed by atoms with Gasteiger partial charge in [0.05, 0.1) is 24.0 Å². The quantitative estimate of drug-likeness (QED) is 0.617. The van der Waals surface area contributed by atoms with Crippen LogP contribution in [-0.4, -0.2) is 81.4 Å². The molecule has 2 aliphatic rings. The molecule has 2 fully saturated rings. The topological polar surface area (TPSA) is 118 Å². The molecule has 0 bridgehead atoms. The molecule has 0 aromatic carbocycles. The number of rotatable bonds is 3. The van der Waals surface area contributed by atoms with E-state index in [1.807, 2.05) is 48.6 Å².